The van der Waals surface area contributed by atoms with E-state index in [1.165, 1.54) is 12.1 Å². The molecule has 0 aromatic heterocycles. The summed E-state index contributed by atoms with van der Waals surface area (Å²) in [6.45, 7) is 0. The molecule has 0 aliphatic carbocycles. The summed E-state index contributed by atoms with van der Waals surface area (Å²) in [6.07, 6.45) is -5.22. The van der Waals surface area contributed by atoms with Crippen molar-refractivity contribution in [3.63, 3.8) is 0 Å². The summed E-state index contributed by atoms with van der Waals surface area (Å²) in [4.78, 5) is 0. The van der Waals surface area contributed by atoms with Gasteiger partial charge in [-0.3, -0.25) is 0 Å². The van der Waals surface area contributed by atoms with E-state index in [4.69, 9.17) is 11.5 Å². The highest BCUT2D eigenvalue weighted by molar-refractivity contribution is 5.27. The van der Waals surface area contributed by atoms with E-state index in [9.17, 15) is 13.2 Å². The van der Waals surface area contributed by atoms with Crippen LogP contribution >= 0.6 is 0 Å². The molecule has 0 saturated carbocycles. The molecule has 0 unspecified atom stereocenters. The molecule has 0 amide bonds. The molecule has 0 radical (unpaired) electrons. The van der Waals surface area contributed by atoms with E-state index in [-0.39, 0.29) is 5.56 Å². The zero-order valence-electron chi connectivity index (χ0n) is 6.68. The molecule has 5 heteroatoms. The predicted molar refractivity (Wildman–Crippen MR) is 42.6 cm³/mol. The van der Waals surface area contributed by atoms with Crippen LogP contribution < -0.4 is 11.5 Å². The molecular weight excluding hydrogens is 181 g/mol. The molecule has 4 N–H and O–H groups in total. The average Bonchev–Trinajstić information content (AvgIpc) is 2.03. The van der Waals surface area contributed by atoms with Crippen LogP contribution in [0.2, 0.25) is 0 Å². The van der Waals surface area contributed by atoms with Crippen molar-refractivity contribution in [1.29, 1.82) is 0 Å². The molecule has 13 heavy (non-hydrogen) atoms. The van der Waals surface area contributed by atoms with Crippen molar-refractivity contribution < 1.29 is 13.2 Å². The minimum Gasteiger partial charge on any atom is -0.312 e. The van der Waals surface area contributed by atoms with Gasteiger partial charge in [-0.1, -0.05) is 12.1 Å². The molecule has 1 aromatic rings. The number of rotatable bonds is 1. The van der Waals surface area contributed by atoms with E-state index in [0.29, 0.717) is 0 Å². The van der Waals surface area contributed by atoms with Gasteiger partial charge in [-0.25, -0.2) is 0 Å². The van der Waals surface area contributed by atoms with Crippen LogP contribution in [0.5, 0.6) is 0 Å². The number of nitrogens with two attached hydrogens (primary N) is 2. The Morgan fingerprint density at radius 3 is 2.23 bits per heavy atom. The van der Waals surface area contributed by atoms with Crippen molar-refractivity contribution >= 4 is 0 Å². The molecule has 0 saturated heterocycles. The van der Waals surface area contributed by atoms with Gasteiger partial charge in [-0.2, -0.15) is 13.2 Å². The second-order valence-corrected chi connectivity index (χ2v) is 2.65. The van der Waals surface area contributed by atoms with Gasteiger partial charge in [0.05, 0.1) is 11.7 Å². The quantitative estimate of drug-likeness (QED) is 0.661. The third-order valence-electron chi connectivity index (χ3n) is 1.60. The standard InChI is InChI=1S/C8H9F3N2/c9-8(10,11)6-3-1-2-5(4-6)7(12)13/h1-4,7H,12-13H2. The summed E-state index contributed by atoms with van der Waals surface area (Å²) in [5.41, 5.74) is 10.0. The minimum atomic E-state index is -4.34. The molecule has 1 aromatic carbocycles. The highest BCUT2D eigenvalue weighted by Crippen LogP contribution is 2.29. The van der Waals surface area contributed by atoms with E-state index in [0.717, 1.165) is 12.1 Å². The van der Waals surface area contributed by atoms with Crippen molar-refractivity contribution in [1.82, 2.24) is 0 Å². The van der Waals surface area contributed by atoms with Crippen LogP contribution in [0.3, 0.4) is 0 Å². The van der Waals surface area contributed by atoms with E-state index < -0.39 is 17.9 Å². The molecule has 0 aliphatic heterocycles. The smallest absolute Gasteiger partial charge is 0.312 e. The third kappa shape index (κ3) is 2.43. The molecule has 0 atom stereocenters. The fraction of sp³-hybridized carbons (Fsp3) is 0.250. The Balaban J connectivity index is 3.06. The van der Waals surface area contributed by atoms with Crippen LogP contribution in [0.4, 0.5) is 13.2 Å². The van der Waals surface area contributed by atoms with Gasteiger partial charge in [0.25, 0.3) is 0 Å². The Labute approximate surface area is 73.3 Å². The zero-order valence-corrected chi connectivity index (χ0v) is 6.68. The lowest BCUT2D eigenvalue weighted by molar-refractivity contribution is -0.137. The number of halogens is 3. The highest BCUT2D eigenvalue weighted by Gasteiger charge is 2.30. The molecule has 0 fully saturated rings. The number of benzene rings is 1. The first-order valence-electron chi connectivity index (χ1n) is 3.59. The van der Waals surface area contributed by atoms with Gasteiger partial charge < -0.3 is 11.5 Å². The first kappa shape index (κ1) is 10.0. The van der Waals surface area contributed by atoms with E-state index >= 15 is 0 Å². The molecule has 72 valence electrons. The molecular formula is C8H9F3N2. The Hall–Kier alpha value is -1.07. The zero-order chi connectivity index (χ0) is 10.1. The maximum atomic E-state index is 12.1. The topological polar surface area (TPSA) is 52.0 Å². The molecule has 0 spiro atoms. The number of hydrogen-bond donors (Lipinski definition) is 2. The van der Waals surface area contributed by atoms with E-state index in [1.807, 2.05) is 0 Å². The number of alkyl halides is 3. The molecule has 0 heterocycles. The fourth-order valence-corrected chi connectivity index (χ4v) is 0.922. The third-order valence-corrected chi connectivity index (χ3v) is 1.60. The van der Waals surface area contributed by atoms with Crippen LogP contribution in [-0.4, -0.2) is 0 Å². The van der Waals surface area contributed by atoms with Gasteiger partial charge in [0, 0.05) is 0 Å². The first-order chi connectivity index (χ1) is 5.91. The molecule has 1 rings (SSSR count). The average molecular weight is 190 g/mol. The van der Waals surface area contributed by atoms with Crippen LogP contribution in [0, 0.1) is 0 Å². The summed E-state index contributed by atoms with van der Waals surface area (Å²) in [7, 11) is 0. The summed E-state index contributed by atoms with van der Waals surface area (Å²) < 4.78 is 36.4. The Bertz CT molecular complexity index is 294. The van der Waals surface area contributed by atoms with Gasteiger partial charge in [0.15, 0.2) is 0 Å². The molecule has 0 bridgehead atoms. The van der Waals surface area contributed by atoms with Crippen molar-refractivity contribution in [2.75, 3.05) is 0 Å². The maximum Gasteiger partial charge on any atom is 0.416 e. The SMILES string of the molecule is NC(N)c1cccc(C(F)(F)F)c1. The van der Waals surface area contributed by atoms with Crippen molar-refractivity contribution in [3.8, 4) is 0 Å². The molecule has 0 aliphatic rings. The van der Waals surface area contributed by atoms with Crippen LogP contribution in [0.25, 0.3) is 0 Å². The lowest BCUT2D eigenvalue weighted by Crippen LogP contribution is -2.20. The van der Waals surface area contributed by atoms with Crippen molar-refractivity contribution in [2.45, 2.75) is 12.3 Å². The lowest BCUT2D eigenvalue weighted by Gasteiger charge is -2.10. The Morgan fingerprint density at radius 1 is 1.15 bits per heavy atom. The first-order valence-corrected chi connectivity index (χ1v) is 3.59. The highest BCUT2D eigenvalue weighted by atomic mass is 19.4. The summed E-state index contributed by atoms with van der Waals surface area (Å²) >= 11 is 0. The van der Waals surface area contributed by atoms with Gasteiger partial charge >= 0.3 is 6.18 Å². The van der Waals surface area contributed by atoms with E-state index in [2.05, 4.69) is 0 Å². The fourth-order valence-electron chi connectivity index (χ4n) is 0.922. The monoisotopic (exact) mass is 190 g/mol. The van der Waals surface area contributed by atoms with Gasteiger partial charge in [0.1, 0.15) is 0 Å². The Kier molecular flexibility index (Phi) is 2.58. The maximum absolute atomic E-state index is 12.1. The van der Waals surface area contributed by atoms with Crippen molar-refractivity contribution in [3.05, 3.63) is 35.4 Å². The lowest BCUT2D eigenvalue weighted by atomic mass is 10.1. The Morgan fingerprint density at radius 2 is 1.77 bits per heavy atom. The summed E-state index contributed by atoms with van der Waals surface area (Å²) in [6, 6.07) is 4.67. The van der Waals surface area contributed by atoms with Gasteiger partial charge in [0.2, 0.25) is 0 Å². The van der Waals surface area contributed by atoms with Crippen LogP contribution in [0.1, 0.15) is 17.3 Å². The van der Waals surface area contributed by atoms with Gasteiger partial charge in [-0.15, -0.1) is 0 Å². The largest absolute Gasteiger partial charge is 0.416 e. The summed E-state index contributed by atoms with van der Waals surface area (Å²) in [5, 5.41) is 0. The normalized spacial score (nSPS) is 12.2. The van der Waals surface area contributed by atoms with E-state index in [1.54, 1.807) is 0 Å². The number of hydrogen-bond acceptors (Lipinski definition) is 2. The van der Waals surface area contributed by atoms with Crippen LogP contribution in [0.15, 0.2) is 24.3 Å². The van der Waals surface area contributed by atoms with Crippen molar-refractivity contribution in [2.24, 2.45) is 11.5 Å². The van der Waals surface area contributed by atoms with Gasteiger partial charge in [-0.05, 0) is 17.7 Å². The van der Waals surface area contributed by atoms with Crippen LogP contribution in [-0.2, 0) is 6.18 Å². The second kappa shape index (κ2) is 3.35. The summed E-state index contributed by atoms with van der Waals surface area (Å²) in [5.74, 6) is 0. The predicted octanol–water partition coefficient (Wildman–Crippen LogP) is 1.62. The minimum absolute atomic E-state index is 0.273. The molecule has 2 nitrogen and oxygen atoms in total. The second-order valence-electron chi connectivity index (χ2n) is 2.65.